The molecule has 1 aliphatic carbocycles. The van der Waals surface area contributed by atoms with Crippen LogP contribution in [0.1, 0.15) is 46.5 Å². The maximum Gasteiger partial charge on any atom is 0.410 e. The fourth-order valence-corrected chi connectivity index (χ4v) is 4.42. The van der Waals surface area contributed by atoms with E-state index in [1.165, 1.54) is 7.11 Å². The number of amides is 1. The summed E-state index contributed by atoms with van der Waals surface area (Å²) in [7, 11) is 5.24. The molecule has 1 aromatic rings. The summed E-state index contributed by atoms with van der Waals surface area (Å²) in [6.07, 6.45) is 5.77. The predicted octanol–water partition coefficient (Wildman–Crippen LogP) is 4.02. The summed E-state index contributed by atoms with van der Waals surface area (Å²) >= 11 is 2.27. The lowest BCUT2D eigenvalue weighted by molar-refractivity contribution is -0.142. The first-order valence-corrected chi connectivity index (χ1v) is 12.6. The standard InChI is InChI=1S/C24H39IN4O4/c1-24(2,3)33-23(31)27(4)13-14-29(17-22(30)32-6)20-10-7-18(8-11-20)16-28(5)21-12-9-19(25)15-26-21/h9,12,15,18,20H,7-8,10-11,13-14,16-17H2,1-6H3. The van der Waals surface area contributed by atoms with Crippen LogP contribution in [0.25, 0.3) is 0 Å². The number of nitrogens with zero attached hydrogens (tertiary/aromatic N) is 4. The molecular formula is C24H39IN4O4. The number of carbonyl (C=O) groups excluding carboxylic acids is 2. The molecular weight excluding hydrogens is 535 g/mol. The van der Waals surface area contributed by atoms with Gasteiger partial charge in [-0.3, -0.25) is 9.69 Å². The highest BCUT2D eigenvalue weighted by Crippen LogP contribution is 2.29. The van der Waals surface area contributed by atoms with E-state index in [1.807, 2.05) is 27.0 Å². The third-order valence-electron chi connectivity index (χ3n) is 5.96. The summed E-state index contributed by atoms with van der Waals surface area (Å²) in [5.41, 5.74) is -0.531. The molecule has 1 saturated carbocycles. The van der Waals surface area contributed by atoms with Crippen LogP contribution >= 0.6 is 22.6 Å². The Kier molecular flexibility index (Phi) is 10.7. The number of aromatic nitrogens is 1. The largest absolute Gasteiger partial charge is 0.468 e. The van der Waals surface area contributed by atoms with Gasteiger partial charge in [0.15, 0.2) is 0 Å². The molecule has 1 heterocycles. The van der Waals surface area contributed by atoms with Gasteiger partial charge in [-0.05, 0) is 87.1 Å². The second-order valence-electron chi connectivity index (χ2n) is 9.84. The number of rotatable bonds is 9. The quantitative estimate of drug-likeness (QED) is 0.326. The van der Waals surface area contributed by atoms with Gasteiger partial charge in [0.1, 0.15) is 11.4 Å². The third-order valence-corrected chi connectivity index (χ3v) is 6.59. The number of esters is 1. The minimum Gasteiger partial charge on any atom is -0.468 e. The Hall–Kier alpha value is -1.62. The number of carbonyl (C=O) groups is 2. The van der Waals surface area contributed by atoms with Crippen molar-refractivity contribution in [3.63, 3.8) is 0 Å². The van der Waals surface area contributed by atoms with Crippen molar-refractivity contribution in [3.05, 3.63) is 21.9 Å². The van der Waals surface area contributed by atoms with Gasteiger partial charge in [-0.25, -0.2) is 9.78 Å². The predicted molar refractivity (Wildman–Crippen MR) is 138 cm³/mol. The first kappa shape index (κ1) is 27.6. The van der Waals surface area contributed by atoms with E-state index in [2.05, 4.69) is 56.6 Å². The Morgan fingerprint density at radius 2 is 1.79 bits per heavy atom. The summed E-state index contributed by atoms with van der Waals surface area (Å²) in [5.74, 6) is 1.34. The van der Waals surface area contributed by atoms with Crippen molar-refractivity contribution < 1.29 is 19.1 Å². The highest BCUT2D eigenvalue weighted by Gasteiger charge is 2.29. The zero-order chi connectivity index (χ0) is 24.6. The summed E-state index contributed by atoms with van der Waals surface area (Å²) in [6, 6.07) is 4.44. The summed E-state index contributed by atoms with van der Waals surface area (Å²) in [4.78, 5) is 34.8. The number of methoxy groups -OCH3 is 1. The molecule has 0 unspecified atom stereocenters. The van der Waals surface area contributed by atoms with Gasteiger partial charge in [0.25, 0.3) is 0 Å². The van der Waals surface area contributed by atoms with E-state index in [4.69, 9.17) is 9.47 Å². The monoisotopic (exact) mass is 574 g/mol. The molecule has 0 aliphatic heterocycles. The van der Waals surface area contributed by atoms with E-state index < -0.39 is 5.60 Å². The van der Waals surface area contributed by atoms with Gasteiger partial charge in [-0.15, -0.1) is 0 Å². The Morgan fingerprint density at radius 1 is 1.12 bits per heavy atom. The molecule has 1 aromatic heterocycles. The molecule has 186 valence electrons. The minimum absolute atomic E-state index is 0.237. The molecule has 33 heavy (non-hydrogen) atoms. The van der Waals surface area contributed by atoms with Gasteiger partial charge in [0.05, 0.1) is 13.7 Å². The molecule has 0 spiro atoms. The fourth-order valence-electron chi connectivity index (χ4n) is 4.10. The molecule has 0 atom stereocenters. The number of ether oxygens (including phenoxy) is 2. The van der Waals surface area contributed by atoms with Crippen molar-refractivity contribution in [2.45, 2.75) is 58.1 Å². The van der Waals surface area contributed by atoms with E-state index in [0.29, 0.717) is 25.0 Å². The number of anilines is 1. The lowest BCUT2D eigenvalue weighted by Gasteiger charge is -2.38. The zero-order valence-electron chi connectivity index (χ0n) is 20.8. The van der Waals surface area contributed by atoms with Crippen molar-refractivity contribution >= 4 is 40.5 Å². The number of hydrogen-bond donors (Lipinski definition) is 0. The van der Waals surface area contributed by atoms with Crippen molar-refractivity contribution in [1.29, 1.82) is 0 Å². The van der Waals surface area contributed by atoms with Gasteiger partial charge in [0.2, 0.25) is 0 Å². The molecule has 1 aliphatic rings. The molecule has 0 N–H and O–H groups in total. The first-order chi connectivity index (χ1) is 15.5. The molecule has 1 fully saturated rings. The maximum atomic E-state index is 12.3. The van der Waals surface area contributed by atoms with Crippen molar-refractivity contribution in [1.82, 2.24) is 14.8 Å². The van der Waals surface area contributed by atoms with Crippen LogP contribution in [-0.2, 0) is 14.3 Å². The number of halogens is 1. The maximum absolute atomic E-state index is 12.3. The molecule has 1 amide bonds. The smallest absolute Gasteiger partial charge is 0.410 e. The number of hydrogen-bond acceptors (Lipinski definition) is 7. The average Bonchev–Trinajstić information content (AvgIpc) is 2.76. The fraction of sp³-hybridized carbons (Fsp3) is 0.708. The second-order valence-corrected chi connectivity index (χ2v) is 11.1. The lowest BCUT2D eigenvalue weighted by atomic mass is 9.85. The highest BCUT2D eigenvalue weighted by atomic mass is 127. The van der Waals surface area contributed by atoms with Crippen LogP contribution < -0.4 is 4.90 Å². The summed E-state index contributed by atoms with van der Waals surface area (Å²) in [6.45, 7) is 7.87. The van der Waals surface area contributed by atoms with Crippen LogP contribution in [0, 0.1) is 9.49 Å². The first-order valence-electron chi connectivity index (χ1n) is 11.6. The number of likely N-dealkylation sites (N-methyl/N-ethyl adjacent to an activating group) is 1. The Bertz CT molecular complexity index is 761. The Balaban J connectivity index is 1.89. The SMILES string of the molecule is COC(=O)CN(CCN(C)C(=O)OC(C)(C)C)C1CCC(CN(C)c2ccc(I)cn2)CC1. The van der Waals surface area contributed by atoms with Gasteiger partial charge < -0.3 is 19.3 Å². The molecule has 0 aromatic carbocycles. The zero-order valence-corrected chi connectivity index (χ0v) is 23.0. The highest BCUT2D eigenvalue weighted by molar-refractivity contribution is 14.1. The van der Waals surface area contributed by atoms with Crippen molar-refractivity contribution in [2.24, 2.45) is 5.92 Å². The van der Waals surface area contributed by atoms with Crippen molar-refractivity contribution in [2.75, 3.05) is 52.3 Å². The molecule has 9 heteroatoms. The van der Waals surface area contributed by atoms with Crippen LogP contribution in [0.3, 0.4) is 0 Å². The Morgan fingerprint density at radius 3 is 2.33 bits per heavy atom. The van der Waals surface area contributed by atoms with Gasteiger partial charge in [-0.1, -0.05) is 0 Å². The van der Waals surface area contributed by atoms with Crippen LogP contribution in [0.2, 0.25) is 0 Å². The topological polar surface area (TPSA) is 75.2 Å². The van der Waals surface area contributed by atoms with E-state index in [9.17, 15) is 9.59 Å². The molecule has 2 rings (SSSR count). The van der Waals surface area contributed by atoms with Crippen molar-refractivity contribution in [3.8, 4) is 0 Å². The average molecular weight is 575 g/mol. The molecule has 0 saturated heterocycles. The van der Waals surface area contributed by atoms with E-state index >= 15 is 0 Å². The van der Waals surface area contributed by atoms with E-state index in [-0.39, 0.29) is 18.6 Å². The molecule has 0 radical (unpaired) electrons. The van der Waals surface area contributed by atoms with Gasteiger partial charge >= 0.3 is 12.1 Å². The normalized spacial score (nSPS) is 18.7. The number of pyridine rings is 1. The lowest BCUT2D eigenvalue weighted by Crippen LogP contribution is -2.46. The van der Waals surface area contributed by atoms with Crippen LogP contribution in [0.5, 0.6) is 0 Å². The molecule has 8 nitrogen and oxygen atoms in total. The van der Waals surface area contributed by atoms with Gasteiger partial charge in [0, 0.05) is 49.5 Å². The second kappa shape index (κ2) is 12.7. The van der Waals surface area contributed by atoms with Crippen LogP contribution in [-0.4, -0.2) is 85.9 Å². The van der Waals surface area contributed by atoms with E-state index in [1.54, 1.807) is 11.9 Å². The Labute approximate surface area is 212 Å². The third kappa shape index (κ3) is 9.64. The van der Waals surface area contributed by atoms with Crippen LogP contribution in [0.4, 0.5) is 10.6 Å². The van der Waals surface area contributed by atoms with Gasteiger partial charge in [-0.2, -0.15) is 0 Å². The molecule has 0 bridgehead atoms. The summed E-state index contributed by atoms with van der Waals surface area (Å²) in [5, 5.41) is 0. The summed E-state index contributed by atoms with van der Waals surface area (Å²) < 4.78 is 11.5. The van der Waals surface area contributed by atoms with Crippen LogP contribution in [0.15, 0.2) is 18.3 Å². The minimum atomic E-state index is -0.531. The van der Waals surface area contributed by atoms with E-state index in [0.717, 1.165) is 41.6 Å².